The fourth-order valence-electron chi connectivity index (χ4n) is 2.71. The number of rotatable bonds is 3. The van der Waals surface area contributed by atoms with E-state index in [0.717, 1.165) is 38.3 Å². The molecule has 0 amide bonds. The molecule has 0 unspecified atom stereocenters. The summed E-state index contributed by atoms with van der Waals surface area (Å²) in [5.41, 5.74) is 0. The average Bonchev–Trinajstić information content (AvgIpc) is 2.40. The number of hydrogen-bond acceptors (Lipinski definition) is 4. The van der Waals surface area contributed by atoms with Crippen molar-refractivity contribution in [3.8, 4) is 0 Å². The summed E-state index contributed by atoms with van der Waals surface area (Å²) in [7, 11) is -3.71. The number of sulfonamides is 1. The molecule has 0 bridgehead atoms. The maximum atomic E-state index is 13.3. The third-order valence-corrected chi connectivity index (χ3v) is 6.32. The van der Waals surface area contributed by atoms with Gasteiger partial charge in [-0.15, -0.1) is 0 Å². The van der Waals surface area contributed by atoms with Crippen molar-refractivity contribution in [1.29, 1.82) is 0 Å². The van der Waals surface area contributed by atoms with Crippen LogP contribution in [0.3, 0.4) is 0 Å². The minimum atomic E-state index is -3.71. The van der Waals surface area contributed by atoms with Crippen LogP contribution in [0.5, 0.6) is 0 Å². The fraction of sp³-hybridized carbons (Fsp3) is 0.538. The van der Waals surface area contributed by atoms with Crippen LogP contribution < -0.4 is 5.32 Å². The van der Waals surface area contributed by atoms with Crippen LogP contribution in [-0.2, 0) is 10.0 Å². The predicted octanol–water partition coefficient (Wildman–Crippen LogP) is 0.757. The maximum absolute atomic E-state index is 13.3. The van der Waals surface area contributed by atoms with Crippen molar-refractivity contribution in [2.75, 3.05) is 39.3 Å². The Morgan fingerprint density at radius 1 is 1.24 bits per heavy atom. The third kappa shape index (κ3) is 2.93. The van der Waals surface area contributed by atoms with Gasteiger partial charge in [0.1, 0.15) is 10.7 Å². The van der Waals surface area contributed by atoms with Crippen molar-refractivity contribution >= 4 is 21.6 Å². The average molecular weight is 334 g/mol. The summed E-state index contributed by atoms with van der Waals surface area (Å²) in [6.07, 6.45) is 0. The van der Waals surface area contributed by atoms with E-state index in [-0.39, 0.29) is 16.0 Å². The van der Waals surface area contributed by atoms with Crippen LogP contribution in [0.4, 0.5) is 4.39 Å². The Balaban J connectivity index is 1.71. The van der Waals surface area contributed by atoms with Gasteiger partial charge in [-0.25, -0.2) is 12.8 Å². The second-order valence-electron chi connectivity index (χ2n) is 5.34. The molecular weight excluding hydrogens is 317 g/mol. The molecule has 21 heavy (non-hydrogen) atoms. The van der Waals surface area contributed by atoms with Gasteiger partial charge in [0.15, 0.2) is 0 Å². The van der Waals surface area contributed by atoms with Crippen LogP contribution >= 0.6 is 11.6 Å². The van der Waals surface area contributed by atoms with E-state index in [2.05, 4.69) is 10.2 Å². The van der Waals surface area contributed by atoms with Crippen LogP contribution in [0, 0.1) is 5.82 Å². The Morgan fingerprint density at radius 3 is 2.57 bits per heavy atom. The van der Waals surface area contributed by atoms with Crippen molar-refractivity contribution in [2.45, 2.75) is 10.9 Å². The fourth-order valence-corrected chi connectivity index (χ4v) is 4.71. The lowest BCUT2D eigenvalue weighted by atomic mass is 10.1. The van der Waals surface area contributed by atoms with Gasteiger partial charge < -0.3 is 5.32 Å². The van der Waals surface area contributed by atoms with Crippen LogP contribution in [-0.4, -0.2) is 62.9 Å². The zero-order valence-corrected chi connectivity index (χ0v) is 13.0. The molecule has 0 aromatic heterocycles. The topological polar surface area (TPSA) is 52.7 Å². The number of nitrogens with one attached hydrogen (secondary N) is 1. The van der Waals surface area contributed by atoms with E-state index >= 15 is 0 Å². The molecule has 2 fully saturated rings. The zero-order chi connectivity index (χ0) is 15.0. The molecule has 0 radical (unpaired) electrons. The highest BCUT2D eigenvalue weighted by atomic mass is 35.5. The molecule has 0 spiro atoms. The first-order chi connectivity index (χ1) is 9.98. The molecule has 2 aliphatic heterocycles. The third-order valence-electron chi connectivity index (χ3n) is 4.01. The van der Waals surface area contributed by atoms with Crippen LogP contribution in [0.15, 0.2) is 23.1 Å². The van der Waals surface area contributed by atoms with E-state index in [1.54, 1.807) is 0 Å². The number of hydrogen-bond donors (Lipinski definition) is 1. The molecule has 1 aromatic carbocycles. The zero-order valence-electron chi connectivity index (χ0n) is 11.4. The molecule has 0 aliphatic carbocycles. The summed E-state index contributed by atoms with van der Waals surface area (Å²) in [4.78, 5) is 2.14. The Kier molecular flexibility index (Phi) is 4.20. The van der Waals surface area contributed by atoms with Crippen molar-refractivity contribution in [2.24, 2.45) is 0 Å². The minimum absolute atomic E-state index is 0.0574. The molecule has 1 N–H and O–H groups in total. The van der Waals surface area contributed by atoms with Gasteiger partial charge in [-0.05, 0) is 18.2 Å². The monoisotopic (exact) mass is 333 g/mol. The maximum Gasteiger partial charge on any atom is 0.244 e. The smallest absolute Gasteiger partial charge is 0.244 e. The normalized spacial score (nSPS) is 22.2. The van der Waals surface area contributed by atoms with E-state index in [4.69, 9.17) is 11.6 Å². The van der Waals surface area contributed by atoms with Crippen molar-refractivity contribution in [3.05, 3.63) is 29.0 Å². The summed E-state index contributed by atoms with van der Waals surface area (Å²) in [6, 6.07) is 3.66. The Hall–Kier alpha value is -0.730. The van der Waals surface area contributed by atoms with Gasteiger partial charge in [-0.1, -0.05) is 11.6 Å². The first-order valence-corrected chi connectivity index (χ1v) is 8.70. The molecule has 1 aromatic rings. The highest BCUT2D eigenvalue weighted by Gasteiger charge is 2.40. The van der Waals surface area contributed by atoms with E-state index in [0.29, 0.717) is 13.1 Å². The quantitative estimate of drug-likeness (QED) is 0.887. The van der Waals surface area contributed by atoms with Gasteiger partial charge in [-0.3, -0.25) is 4.90 Å². The van der Waals surface area contributed by atoms with Gasteiger partial charge in [0, 0.05) is 45.3 Å². The molecule has 5 nitrogen and oxygen atoms in total. The number of piperazine rings is 1. The first kappa shape index (κ1) is 15.2. The number of halogens is 2. The lowest BCUT2D eigenvalue weighted by Gasteiger charge is -2.45. The lowest BCUT2D eigenvalue weighted by molar-refractivity contribution is 0.0773. The lowest BCUT2D eigenvalue weighted by Crippen LogP contribution is -2.63. The largest absolute Gasteiger partial charge is 0.314 e. The summed E-state index contributed by atoms with van der Waals surface area (Å²) >= 11 is 5.90. The van der Waals surface area contributed by atoms with Crippen molar-refractivity contribution in [3.63, 3.8) is 0 Å². The molecular formula is C13H17ClFN3O2S. The van der Waals surface area contributed by atoms with Gasteiger partial charge in [-0.2, -0.15) is 4.31 Å². The summed E-state index contributed by atoms with van der Waals surface area (Å²) in [5.74, 6) is -0.600. The van der Waals surface area contributed by atoms with Crippen LogP contribution in [0.25, 0.3) is 0 Å². The Labute approximate surface area is 128 Å². The number of nitrogens with zero attached hydrogens (tertiary/aromatic N) is 2. The van der Waals surface area contributed by atoms with E-state index in [1.165, 1.54) is 10.4 Å². The summed E-state index contributed by atoms with van der Waals surface area (Å²) < 4.78 is 39.6. The molecule has 2 saturated heterocycles. The number of benzene rings is 1. The van der Waals surface area contributed by atoms with Crippen LogP contribution in [0.2, 0.25) is 5.02 Å². The second-order valence-corrected chi connectivity index (χ2v) is 7.65. The standard InChI is InChI=1S/C13H17ClFN3O2S/c14-12-2-1-10(15)7-13(12)21(19,20)18-8-11(9-18)17-5-3-16-4-6-17/h1-2,7,11,16H,3-6,8-9H2. The SMILES string of the molecule is O=S(=O)(c1cc(F)ccc1Cl)N1CC(N2CCNCC2)C1. The highest BCUT2D eigenvalue weighted by molar-refractivity contribution is 7.89. The molecule has 116 valence electrons. The highest BCUT2D eigenvalue weighted by Crippen LogP contribution is 2.29. The molecule has 2 heterocycles. The molecule has 0 atom stereocenters. The molecule has 0 saturated carbocycles. The van der Waals surface area contributed by atoms with Gasteiger partial charge in [0.2, 0.25) is 10.0 Å². The van der Waals surface area contributed by atoms with Gasteiger partial charge in [0.05, 0.1) is 5.02 Å². The minimum Gasteiger partial charge on any atom is -0.314 e. The second kappa shape index (κ2) is 5.81. The Morgan fingerprint density at radius 2 is 1.90 bits per heavy atom. The van der Waals surface area contributed by atoms with E-state index in [9.17, 15) is 12.8 Å². The van der Waals surface area contributed by atoms with Gasteiger partial charge >= 0.3 is 0 Å². The predicted molar refractivity (Wildman–Crippen MR) is 78.4 cm³/mol. The van der Waals surface area contributed by atoms with Crippen LogP contribution in [0.1, 0.15) is 0 Å². The van der Waals surface area contributed by atoms with Crippen molar-refractivity contribution in [1.82, 2.24) is 14.5 Å². The molecule has 3 rings (SSSR count). The summed E-state index contributed by atoms with van der Waals surface area (Å²) in [6.45, 7) is 4.60. The molecule has 8 heteroatoms. The van der Waals surface area contributed by atoms with Gasteiger partial charge in [0.25, 0.3) is 0 Å². The first-order valence-electron chi connectivity index (χ1n) is 6.88. The summed E-state index contributed by atoms with van der Waals surface area (Å²) in [5, 5.41) is 3.32. The molecule has 2 aliphatic rings. The van der Waals surface area contributed by atoms with E-state index in [1.807, 2.05) is 0 Å². The van der Waals surface area contributed by atoms with Crippen molar-refractivity contribution < 1.29 is 12.8 Å². The Bertz CT molecular complexity index is 628. The van der Waals surface area contributed by atoms with E-state index < -0.39 is 15.8 Å².